The van der Waals surface area contributed by atoms with E-state index >= 15 is 9.59 Å². The predicted octanol–water partition coefficient (Wildman–Crippen LogP) is 6.64. The number of methoxy groups -OCH3 is 2. The quantitative estimate of drug-likeness (QED) is 0.229. The Labute approximate surface area is 262 Å². The molecule has 1 N–H and O–H groups in total. The Balaban J connectivity index is 1.51. The Bertz CT molecular complexity index is 1860. The first-order valence-corrected chi connectivity index (χ1v) is 15.3. The molecule has 3 aliphatic heterocycles. The normalized spacial score (nSPS) is 22.4. The highest BCUT2D eigenvalue weighted by atomic mass is 16.5. The van der Waals surface area contributed by atoms with Crippen molar-refractivity contribution in [2.45, 2.75) is 37.3 Å². The minimum absolute atomic E-state index is 0.259. The number of amides is 1. The SMILES string of the molecule is CCCc1ccc(C(=O)[C@H]2[C@@H](C(=O)c3cc(OC)ccc3OC)N3C=Cc4ccccc4[C@@H]3[C@]23C(=O)Nc2ccccc23)cc1. The maximum atomic E-state index is 15.1. The molecule has 1 fully saturated rings. The van der Waals surface area contributed by atoms with Crippen LogP contribution in [0.1, 0.15) is 62.4 Å². The third-order valence-electron chi connectivity index (χ3n) is 9.57. The first-order valence-electron chi connectivity index (χ1n) is 15.3. The van der Waals surface area contributed by atoms with E-state index in [1.54, 1.807) is 18.2 Å². The van der Waals surface area contributed by atoms with Gasteiger partial charge in [-0.25, -0.2) is 0 Å². The number of carbonyl (C=O) groups is 3. The van der Waals surface area contributed by atoms with E-state index in [0.717, 1.165) is 29.5 Å². The van der Waals surface area contributed by atoms with Crippen molar-refractivity contribution < 1.29 is 23.9 Å². The molecule has 45 heavy (non-hydrogen) atoms. The summed E-state index contributed by atoms with van der Waals surface area (Å²) in [6, 6.07) is 26.4. The number of hydrogen-bond acceptors (Lipinski definition) is 6. The van der Waals surface area contributed by atoms with Crippen LogP contribution >= 0.6 is 0 Å². The Morgan fingerprint density at radius 1 is 0.889 bits per heavy atom. The van der Waals surface area contributed by atoms with Crippen LogP contribution in [0.4, 0.5) is 5.69 Å². The van der Waals surface area contributed by atoms with Gasteiger partial charge < -0.3 is 19.7 Å². The maximum Gasteiger partial charge on any atom is 0.238 e. The zero-order valence-electron chi connectivity index (χ0n) is 25.4. The van der Waals surface area contributed by atoms with Gasteiger partial charge in [-0.1, -0.05) is 80.1 Å². The van der Waals surface area contributed by atoms with E-state index in [2.05, 4.69) is 12.2 Å². The molecular weight excluding hydrogens is 564 g/mol. The molecule has 0 aromatic heterocycles. The zero-order chi connectivity index (χ0) is 31.3. The van der Waals surface area contributed by atoms with E-state index in [0.29, 0.717) is 28.3 Å². The van der Waals surface area contributed by atoms with Crippen molar-refractivity contribution in [2.24, 2.45) is 5.92 Å². The number of carbonyl (C=O) groups excluding carboxylic acids is 3. The van der Waals surface area contributed by atoms with E-state index in [1.165, 1.54) is 14.2 Å². The lowest BCUT2D eigenvalue weighted by molar-refractivity contribution is -0.122. The summed E-state index contributed by atoms with van der Waals surface area (Å²) in [6.45, 7) is 2.11. The topological polar surface area (TPSA) is 84.9 Å². The minimum atomic E-state index is -1.40. The molecule has 4 aromatic rings. The first-order chi connectivity index (χ1) is 21.9. The monoisotopic (exact) mass is 598 g/mol. The highest BCUT2D eigenvalue weighted by Gasteiger charge is 2.70. The fourth-order valence-corrected chi connectivity index (χ4v) is 7.64. The molecule has 4 aromatic carbocycles. The van der Waals surface area contributed by atoms with Crippen molar-refractivity contribution in [1.82, 2.24) is 4.90 Å². The maximum absolute atomic E-state index is 15.1. The fraction of sp³-hybridized carbons (Fsp3) is 0.237. The Hall–Kier alpha value is -5.17. The highest BCUT2D eigenvalue weighted by Crippen LogP contribution is 2.62. The number of fused-ring (bicyclic) bond motifs is 6. The molecule has 7 nitrogen and oxygen atoms in total. The number of nitrogens with zero attached hydrogens (tertiary/aromatic N) is 1. The van der Waals surface area contributed by atoms with Crippen molar-refractivity contribution in [3.05, 3.63) is 131 Å². The van der Waals surface area contributed by atoms with Crippen molar-refractivity contribution in [2.75, 3.05) is 19.5 Å². The summed E-state index contributed by atoms with van der Waals surface area (Å²) < 4.78 is 11.1. The first kappa shape index (κ1) is 28.6. The Morgan fingerprint density at radius 3 is 2.40 bits per heavy atom. The average Bonchev–Trinajstić information content (AvgIpc) is 3.56. The van der Waals surface area contributed by atoms with Crippen LogP contribution in [0.2, 0.25) is 0 Å². The summed E-state index contributed by atoms with van der Waals surface area (Å²) >= 11 is 0. The van der Waals surface area contributed by atoms with Crippen LogP contribution in [0.3, 0.4) is 0 Å². The molecule has 0 bridgehead atoms. The van der Waals surface area contributed by atoms with Crippen molar-refractivity contribution >= 4 is 29.2 Å². The molecule has 7 heteroatoms. The molecule has 0 aliphatic carbocycles. The number of hydrogen-bond donors (Lipinski definition) is 1. The number of benzene rings is 4. The van der Waals surface area contributed by atoms with Gasteiger partial charge in [0.05, 0.1) is 31.7 Å². The molecule has 7 rings (SSSR count). The number of anilines is 1. The van der Waals surface area contributed by atoms with Gasteiger partial charge in [-0.2, -0.15) is 0 Å². The summed E-state index contributed by atoms with van der Waals surface area (Å²) in [6.07, 6.45) is 5.70. The molecule has 4 atom stereocenters. The predicted molar refractivity (Wildman–Crippen MR) is 173 cm³/mol. The number of Topliss-reactive ketones (excluding diaryl/α,β-unsaturated/α-hetero) is 2. The van der Waals surface area contributed by atoms with Gasteiger partial charge in [0.1, 0.15) is 23.0 Å². The van der Waals surface area contributed by atoms with E-state index in [-0.39, 0.29) is 23.0 Å². The van der Waals surface area contributed by atoms with Crippen LogP contribution in [-0.2, 0) is 16.6 Å². The van der Waals surface area contributed by atoms with Gasteiger partial charge in [-0.05, 0) is 59.0 Å². The number of ether oxygens (including phenoxy) is 2. The Morgan fingerprint density at radius 2 is 1.64 bits per heavy atom. The van der Waals surface area contributed by atoms with Crippen LogP contribution in [-0.4, -0.2) is 42.6 Å². The minimum Gasteiger partial charge on any atom is -0.497 e. The summed E-state index contributed by atoms with van der Waals surface area (Å²) in [5.41, 5.74) is 3.66. The summed E-state index contributed by atoms with van der Waals surface area (Å²) in [4.78, 5) is 46.7. The average molecular weight is 599 g/mol. The molecule has 3 aliphatic rings. The second-order valence-corrected chi connectivity index (χ2v) is 11.8. The number of ketones is 2. The van der Waals surface area contributed by atoms with Gasteiger partial charge >= 0.3 is 0 Å². The third-order valence-corrected chi connectivity index (χ3v) is 9.57. The number of aryl methyl sites for hydroxylation is 1. The van der Waals surface area contributed by atoms with Crippen LogP contribution < -0.4 is 14.8 Å². The number of nitrogens with one attached hydrogen (secondary N) is 1. The zero-order valence-corrected chi connectivity index (χ0v) is 25.4. The molecule has 226 valence electrons. The lowest BCUT2D eigenvalue weighted by Gasteiger charge is -2.38. The lowest BCUT2D eigenvalue weighted by Crippen LogP contribution is -2.49. The van der Waals surface area contributed by atoms with Crippen LogP contribution in [0.15, 0.2) is 97.2 Å². The van der Waals surface area contributed by atoms with Crippen molar-refractivity contribution in [3.63, 3.8) is 0 Å². The van der Waals surface area contributed by atoms with E-state index < -0.39 is 23.4 Å². The molecule has 1 saturated heterocycles. The van der Waals surface area contributed by atoms with Gasteiger partial charge in [-0.15, -0.1) is 0 Å². The second-order valence-electron chi connectivity index (χ2n) is 11.8. The van der Waals surface area contributed by atoms with Gasteiger partial charge in [0.25, 0.3) is 0 Å². The van der Waals surface area contributed by atoms with Crippen molar-refractivity contribution in [3.8, 4) is 11.5 Å². The van der Waals surface area contributed by atoms with Crippen LogP contribution in [0, 0.1) is 5.92 Å². The van der Waals surface area contributed by atoms with E-state index in [9.17, 15) is 4.79 Å². The summed E-state index contributed by atoms with van der Waals surface area (Å²) in [7, 11) is 3.05. The molecule has 0 unspecified atom stereocenters. The largest absolute Gasteiger partial charge is 0.497 e. The van der Waals surface area contributed by atoms with Crippen LogP contribution in [0.25, 0.3) is 6.08 Å². The molecule has 1 amide bonds. The molecule has 0 saturated carbocycles. The number of rotatable bonds is 8. The van der Waals surface area contributed by atoms with Crippen molar-refractivity contribution in [1.29, 1.82) is 0 Å². The molecular formula is C38H34N2O5. The second kappa shape index (κ2) is 11.1. The van der Waals surface area contributed by atoms with Gasteiger partial charge in [0, 0.05) is 17.5 Å². The van der Waals surface area contributed by atoms with Gasteiger partial charge in [0.15, 0.2) is 11.6 Å². The highest BCUT2D eigenvalue weighted by molar-refractivity contribution is 6.17. The Kier molecular flexibility index (Phi) is 7.04. The molecule has 0 radical (unpaired) electrons. The number of para-hydroxylation sites is 1. The lowest BCUT2D eigenvalue weighted by atomic mass is 9.62. The van der Waals surface area contributed by atoms with Crippen LogP contribution in [0.5, 0.6) is 11.5 Å². The third kappa shape index (κ3) is 4.21. The summed E-state index contributed by atoms with van der Waals surface area (Å²) in [5, 5.41) is 3.10. The summed E-state index contributed by atoms with van der Waals surface area (Å²) in [5.74, 6) is -1.09. The van der Waals surface area contributed by atoms with E-state index in [1.807, 2.05) is 90.0 Å². The molecule has 1 spiro atoms. The standard InChI is InChI=1S/C38H34N2O5/c1-4-9-23-14-16-25(17-15-23)34(41)32-33(35(42)28-22-26(44-2)18-19-31(28)45-3)40-21-20-24-10-5-6-11-27(24)36(40)38(32)29-12-7-8-13-30(29)39-37(38)43/h5-8,10-22,32-33,36H,4,9H2,1-3H3,(H,39,43)/t32-,33+,36-,38-/m1/s1. The van der Waals surface area contributed by atoms with E-state index in [4.69, 9.17) is 9.47 Å². The molecule has 3 heterocycles. The smallest absolute Gasteiger partial charge is 0.238 e. The van der Waals surface area contributed by atoms with Gasteiger partial charge in [0.2, 0.25) is 5.91 Å². The van der Waals surface area contributed by atoms with Gasteiger partial charge in [-0.3, -0.25) is 14.4 Å². The fourth-order valence-electron chi connectivity index (χ4n) is 7.64.